The largest absolute Gasteiger partial charge is 0.497 e. The predicted molar refractivity (Wildman–Crippen MR) is 63.8 cm³/mol. The monoisotopic (exact) mass is 226 g/mol. The molecule has 0 aliphatic rings. The number of hydrogen-bond donors (Lipinski definition) is 3. The summed E-state index contributed by atoms with van der Waals surface area (Å²) in [7, 11) is 1.60. The molecule has 5 nitrogen and oxygen atoms in total. The molecule has 0 aliphatic heterocycles. The molecule has 1 aromatic rings. The minimum Gasteiger partial charge on any atom is -0.497 e. The van der Waals surface area contributed by atoms with Crippen molar-refractivity contribution >= 4 is 11.4 Å². The van der Waals surface area contributed by atoms with Crippen molar-refractivity contribution in [2.45, 2.75) is 0 Å². The highest BCUT2D eigenvalue weighted by Crippen LogP contribution is 2.23. The maximum Gasteiger partial charge on any atom is 0.121 e. The van der Waals surface area contributed by atoms with Gasteiger partial charge in [0.15, 0.2) is 0 Å². The van der Waals surface area contributed by atoms with E-state index in [-0.39, 0.29) is 6.61 Å². The Bertz CT molecular complexity index is 318. The van der Waals surface area contributed by atoms with E-state index in [0.29, 0.717) is 25.4 Å². The first-order valence-corrected chi connectivity index (χ1v) is 5.14. The lowest BCUT2D eigenvalue weighted by Crippen LogP contribution is -2.12. The molecule has 4 N–H and O–H groups in total. The zero-order chi connectivity index (χ0) is 11.8. The molecule has 1 rings (SSSR count). The van der Waals surface area contributed by atoms with Crippen LogP contribution in [0.1, 0.15) is 0 Å². The summed E-state index contributed by atoms with van der Waals surface area (Å²) in [6, 6.07) is 5.46. The number of nitrogen functional groups attached to an aromatic ring is 1. The zero-order valence-electron chi connectivity index (χ0n) is 9.40. The molecule has 0 saturated heterocycles. The number of nitrogens with two attached hydrogens (primary N) is 1. The zero-order valence-corrected chi connectivity index (χ0v) is 9.40. The van der Waals surface area contributed by atoms with Gasteiger partial charge >= 0.3 is 0 Å². The minimum atomic E-state index is 0.0463. The maximum atomic E-state index is 8.51. The lowest BCUT2D eigenvalue weighted by molar-refractivity contribution is 0.0992. The molecule has 0 radical (unpaired) electrons. The fourth-order valence-corrected chi connectivity index (χ4v) is 1.25. The molecule has 0 aromatic heterocycles. The van der Waals surface area contributed by atoms with Gasteiger partial charge in [-0.1, -0.05) is 0 Å². The second-order valence-corrected chi connectivity index (χ2v) is 3.22. The molecular formula is C11H18N2O3. The number of nitrogens with one attached hydrogen (secondary N) is 1. The fraction of sp³-hybridized carbons (Fsp3) is 0.455. The third kappa shape index (κ3) is 3.96. The van der Waals surface area contributed by atoms with Crippen molar-refractivity contribution in [3.8, 4) is 5.75 Å². The Labute approximate surface area is 95.2 Å². The third-order valence-corrected chi connectivity index (χ3v) is 2.06. The van der Waals surface area contributed by atoms with Crippen molar-refractivity contribution in [3.05, 3.63) is 18.2 Å². The number of methoxy groups -OCH3 is 1. The highest BCUT2D eigenvalue weighted by molar-refractivity contribution is 5.68. The molecule has 0 unspecified atom stereocenters. The van der Waals surface area contributed by atoms with Crippen LogP contribution in [0.2, 0.25) is 0 Å². The van der Waals surface area contributed by atoms with E-state index in [0.717, 1.165) is 11.4 Å². The molecule has 0 bridgehead atoms. The van der Waals surface area contributed by atoms with Crippen LogP contribution in [0, 0.1) is 0 Å². The van der Waals surface area contributed by atoms with Crippen LogP contribution >= 0.6 is 0 Å². The molecule has 0 heterocycles. The number of hydrogen-bond acceptors (Lipinski definition) is 5. The van der Waals surface area contributed by atoms with Gasteiger partial charge in [-0.25, -0.2) is 0 Å². The number of aliphatic hydroxyl groups is 1. The maximum absolute atomic E-state index is 8.51. The summed E-state index contributed by atoms with van der Waals surface area (Å²) in [6.07, 6.45) is 0. The van der Waals surface area contributed by atoms with Crippen molar-refractivity contribution in [1.82, 2.24) is 0 Å². The van der Waals surface area contributed by atoms with Crippen LogP contribution in [0.3, 0.4) is 0 Å². The van der Waals surface area contributed by atoms with E-state index in [1.807, 2.05) is 12.1 Å². The highest BCUT2D eigenvalue weighted by atomic mass is 16.5. The van der Waals surface area contributed by atoms with Gasteiger partial charge < -0.3 is 25.6 Å². The average Bonchev–Trinajstić information content (AvgIpc) is 2.30. The molecule has 0 fully saturated rings. The molecule has 0 atom stereocenters. The van der Waals surface area contributed by atoms with Gasteiger partial charge in [-0.05, 0) is 12.1 Å². The predicted octanol–water partition coefficient (Wildman–Crippen LogP) is 0.698. The number of aliphatic hydroxyl groups excluding tert-OH is 1. The number of benzene rings is 1. The van der Waals surface area contributed by atoms with Gasteiger partial charge in [-0.3, -0.25) is 0 Å². The molecule has 16 heavy (non-hydrogen) atoms. The van der Waals surface area contributed by atoms with Crippen molar-refractivity contribution in [2.24, 2.45) is 0 Å². The molecule has 90 valence electrons. The van der Waals surface area contributed by atoms with E-state index in [4.69, 9.17) is 20.3 Å². The Morgan fingerprint density at radius 1 is 1.38 bits per heavy atom. The Hall–Kier alpha value is -1.46. The average molecular weight is 226 g/mol. The van der Waals surface area contributed by atoms with E-state index in [2.05, 4.69) is 5.32 Å². The van der Waals surface area contributed by atoms with Crippen molar-refractivity contribution in [3.63, 3.8) is 0 Å². The third-order valence-electron chi connectivity index (χ3n) is 2.06. The van der Waals surface area contributed by atoms with Crippen LogP contribution in [0.4, 0.5) is 11.4 Å². The summed E-state index contributed by atoms with van der Waals surface area (Å²) in [4.78, 5) is 0. The fourth-order valence-electron chi connectivity index (χ4n) is 1.25. The van der Waals surface area contributed by atoms with Gasteiger partial charge in [0.05, 0.1) is 38.3 Å². The number of anilines is 2. The van der Waals surface area contributed by atoms with Crippen LogP contribution in [0.25, 0.3) is 0 Å². The van der Waals surface area contributed by atoms with Gasteiger partial charge in [-0.2, -0.15) is 0 Å². The van der Waals surface area contributed by atoms with Gasteiger partial charge in [0.1, 0.15) is 5.75 Å². The lowest BCUT2D eigenvalue weighted by atomic mass is 10.2. The van der Waals surface area contributed by atoms with Crippen molar-refractivity contribution in [2.75, 3.05) is 44.5 Å². The topological polar surface area (TPSA) is 76.7 Å². The second kappa shape index (κ2) is 6.92. The van der Waals surface area contributed by atoms with E-state index < -0.39 is 0 Å². The molecular weight excluding hydrogens is 208 g/mol. The second-order valence-electron chi connectivity index (χ2n) is 3.22. The first-order valence-electron chi connectivity index (χ1n) is 5.14. The van der Waals surface area contributed by atoms with Crippen LogP contribution in [-0.2, 0) is 4.74 Å². The first kappa shape index (κ1) is 12.6. The first-order chi connectivity index (χ1) is 7.77. The van der Waals surface area contributed by atoms with Crippen LogP contribution in [0.15, 0.2) is 18.2 Å². The summed E-state index contributed by atoms with van der Waals surface area (Å²) in [6.45, 7) is 1.59. The number of rotatable bonds is 7. The van der Waals surface area contributed by atoms with Gasteiger partial charge in [-0.15, -0.1) is 0 Å². The summed E-state index contributed by atoms with van der Waals surface area (Å²) < 4.78 is 10.2. The van der Waals surface area contributed by atoms with Crippen LogP contribution in [-0.4, -0.2) is 38.6 Å². The standard InChI is InChI=1S/C11H18N2O3/c1-15-9-2-3-11(10(12)8-9)13-4-6-16-7-5-14/h2-3,8,13-14H,4-7,12H2,1H3. The van der Waals surface area contributed by atoms with Gasteiger partial charge in [0.25, 0.3) is 0 Å². The molecule has 0 saturated carbocycles. The summed E-state index contributed by atoms with van der Waals surface area (Å²) >= 11 is 0. The summed E-state index contributed by atoms with van der Waals surface area (Å²) in [5.41, 5.74) is 7.31. The Morgan fingerprint density at radius 2 is 2.19 bits per heavy atom. The molecule has 0 aliphatic carbocycles. The molecule has 0 spiro atoms. The number of ether oxygens (including phenoxy) is 2. The van der Waals surface area contributed by atoms with E-state index in [1.165, 1.54) is 0 Å². The van der Waals surface area contributed by atoms with Crippen molar-refractivity contribution in [1.29, 1.82) is 0 Å². The minimum absolute atomic E-state index is 0.0463. The Balaban J connectivity index is 2.36. The normalized spacial score (nSPS) is 10.1. The van der Waals surface area contributed by atoms with Gasteiger partial charge in [0, 0.05) is 12.6 Å². The highest BCUT2D eigenvalue weighted by Gasteiger charge is 1.99. The molecule has 5 heteroatoms. The van der Waals surface area contributed by atoms with Gasteiger partial charge in [0.2, 0.25) is 0 Å². The Kier molecular flexibility index (Phi) is 5.45. The molecule has 0 amide bonds. The van der Waals surface area contributed by atoms with Crippen LogP contribution < -0.4 is 15.8 Å². The van der Waals surface area contributed by atoms with E-state index >= 15 is 0 Å². The van der Waals surface area contributed by atoms with E-state index in [9.17, 15) is 0 Å². The summed E-state index contributed by atoms with van der Waals surface area (Å²) in [5, 5.41) is 11.6. The van der Waals surface area contributed by atoms with Crippen molar-refractivity contribution < 1.29 is 14.6 Å². The smallest absolute Gasteiger partial charge is 0.121 e. The lowest BCUT2D eigenvalue weighted by Gasteiger charge is -2.10. The quantitative estimate of drug-likeness (QED) is 0.471. The van der Waals surface area contributed by atoms with E-state index in [1.54, 1.807) is 13.2 Å². The molecule has 1 aromatic carbocycles. The Morgan fingerprint density at radius 3 is 2.81 bits per heavy atom. The summed E-state index contributed by atoms with van der Waals surface area (Å²) in [5.74, 6) is 0.736. The SMILES string of the molecule is COc1ccc(NCCOCCO)c(N)c1. The van der Waals surface area contributed by atoms with Crippen LogP contribution in [0.5, 0.6) is 5.75 Å².